The zero-order valence-electron chi connectivity index (χ0n) is 12.0. The summed E-state index contributed by atoms with van der Waals surface area (Å²) in [5.74, 6) is 0. The molecule has 112 valence electrons. The molecule has 0 aromatic heterocycles. The van der Waals surface area contributed by atoms with E-state index in [9.17, 15) is 13.5 Å². The predicted octanol–water partition coefficient (Wildman–Crippen LogP) is 1.07. The molecular formula is C14H22N2O3S. The molecule has 1 fully saturated rings. The van der Waals surface area contributed by atoms with E-state index >= 15 is 0 Å². The topological polar surface area (TPSA) is 60.9 Å². The van der Waals surface area contributed by atoms with Crippen molar-refractivity contribution in [3.63, 3.8) is 0 Å². The van der Waals surface area contributed by atoms with Crippen LogP contribution in [-0.4, -0.2) is 56.0 Å². The standard InChI is InChI=1S/C14H22N2O3S/c1-12(17)13-5-3-6-14(11-13)20(18,19)16-8-4-7-15(2)9-10-16/h3,5-6,11-12,17H,4,7-10H2,1-2H3. The number of sulfonamides is 1. The van der Waals surface area contributed by atoms with Crippen molar-refractivity contribution in [2.75, 3.05) is 33.2 Å². The van der Waals surface area contributed by atoms with Gasteiger partial charge < -0.3 is 10.0 Å². The molecule has 0 saturated carbocycles. The van der Waals surface area contributed by atoms with Gasteiger partial charge in [-0.15, -0.1) is 0 Å². The third-order valence-electron chi connectivity index (χ3n) is 3.66. The summed E-state index contributed by atoms with van der Waals surface area (Å²) in [5, 5.41) is 9.59. The van der Waals surface area contributed by atoms with E-state index in [1.807, 2.05) is 7.05 Å². The van der Waals surface area contributed by atoms with Gasteiger partial charge in [0, 0.05) is 19.6 Å². The SMILES string of the molecule is CC(O)c1cccc(S(=O)(=O)N2CCCN(C)CC2)c1. The van der Waals surface area contributed by atoms with Crippen molar-refractivity contribution >= 4 is 10.0 Å². The van der Waals surface area contributed by atoms with Crippen LogP contribution in [-0.2, 0) is 10.0 Å². The van der Waals surface area contributed by atoms with Crippen molar-refractivity contribution in [1.29, 1.82) is 0 Å². The zero-order chi connectivity index (χ0) is 14.8. The first kappa shape index (κ1) is 15.4. The smallest absolute Gasteiger partial charge is 0.243 e. The van der Waals surface area contributed by atoms with Crippen molar-refractivity contribution in [3.8, 4) is 0 Å². The highest BCUT2D eigenvalue weighted by Gasteiger charge is 2.26. The van der Waals surface area contributed by atoms with Crippen molar-refractivity contribution in [3.05, 3.63) is 29.8 Å². The summed E-state index contributed by atoms with van der Waals surface area (Å²) < 4.78 is 26.8. The Morgan fingerprint density at radius 1 is 1.20 bits per heavy atom. The molecule has 1 N–H and O–H groups in total. The van der Waals surface area contributed by atoms with E-state index in [1.165, 1.54) is 4.31 Å². The number of nitrogens with zero attached hydrogens (tertiary/aromatic N) is 2. The molecule has 1 atom stereocenters. The van der Waals surface area contributed by atoms with Crippen LogP contribution < -0.4 is 0 Å². The predicted molar refractivity (Wildman–Crippen MR) is 77.9 cm³/mol. The van der Waals surface area contributed by atoms with Crippen molar-refractivity contribution < 1.29 is 13.5 Å². The molecule has 1 aliphatic rings. The molecule has 1 saturated heterocycles. The highest BCUT2D eigenvalue weighted by Crippen LogP contribution is 2.21. The van der Waals surface area contributed by atoms with Gasteiger partial charge in [0.15, 0.2) is 0 Å². The molecule has 1 aromatic carbocycles. The molecule has 1 aromatic rings. The maximum atomic E-state index is 12.6. The zero-order valence-corrected chi connectivity index (χ0v) is 12.8. The van der Waals surface area contributed by atoms with Crippen LogP contribution in [0.4, 0.5) is 0 Å². The van der Waals surface area contributed by atoms with E-state index < -0.39 is 16.1 Å². The monoisotopic (exact) mass is 298 g/mol. The van der Waals surface area contributed by atoms with Crippen molar-refractivity contribution in [2.24, 2.45) is 0 Å². The average Bonchev–Trinajstić information content (AvgIpc) is 2.64. The second-order valence-corrected chi connectivity index (χ2v) is 7.25. The minimum atomic E-state index is -3.47. The second-order valence-electron chi connectivity index (χ2n) is 5.31. The number of benzene rings is 1. The molecule has 1 aliphatic heterocycles. The van der Waals surface area contributed by atoms with Crippen LogP contribution in [0.25, 0.3) is 0 Å². The Morgan fingerprint density at radius 3 is 2.65 bits per heavy atom. The molecule has 1 heterocycles. The summed E-state index contributed by atoms with van der Waals surface area (Å²) in [6, 6.07) is 6.57. The number of hydrogen-bond acceptors (Lipinski definition) is 4. The van der Waals surface area contributed by atoms with Crippen LogP contribution >= 0.6 is 0 Å². The molecular weight excluding hydrogens is 276 g/mol. The van der Waals surface area contributed by atoms with E-state index in [0.29, 0.717) is 18.7 Å². The van der Waals surface area contributed by atoms with E-state index in [-0.39, 0.29) is 4.90 Å². The van der Waals surface area contributed by atoms with Crippen molar-refractivity contribution in [1.82, 2.24) is 9.21 Å². The fraction of sp³-hybridized carbons (Fsp3) is 0.571. The first-order valence-corrected chi connectivity index (χ1v) is 8.32. The summed E-state index contributed by atoms with van der Waals surface area (Å²) in [5.41, 5.74) is 0.623. The Balaban J connectivity index is 2.27. The molecule has 0 bridgehead atoms. The maximum Gasteiger partial charge on any atom is 0.243 e. The molecule has 0 radical (unpaired) electrons. The average molecular weight is 298 g/mol. The second kappa shape index (κ2) is 6.22. The van der Waals surface area contributed by atoms with Gasteiger partial charge in [-0.3, -0.25) is 0 Å². The summed E-state index contributed by atoms with van der Waals surface area (Å²) in [6.07, 6.45) is 0.173. The Kier molecular flexibility index (Phi) is 4.80. The van der Waals surface area contributed by atoms with Gasteiger partial charge in [0.2, 0.25) is 10.0 Å². The lowest BCUT2D eigenvalue weighted by Gasteiger charge is -2.20. The first-order chi connectivity index (χ1) is 9.41. The molecule has 1 unspecified atom stereocenters. The summed E-state index contributed by atoms with van der Waals surface area (Å²) in [6.45, 7) is 4.35. The third-order valence-corrected chi connectivity index (χ3v) is 5.55. The van der Waals surface area contributed by atoms with Gasteiger partial charge in [-0.05, 0) is 44.6 Å². The Hall–Kier alpha value is -0.950. The number of likely N-dealkylation sites (N-methyl/N-ethyl adjacent to an activating group) is 1. The molecule has 5 nitrogen and oxygen atoms in total. The van der Waals surface area contributed by atoms with Crippen LogP contribution in [0.15, 0.2) is 29.2 Å². The van der Waals surface area contributed by atoms with E-state index in [4.69, 9.17) is 0 Å². The van der Waals surface area contributed by atoms with Crippen LogP contribution in [0, 0.1) is 0 Å². The van der Waals surface area contributed by atoms with Gasteiger partial charge in [-0.25, -0.2) is 8.42 Å². The molecule has 0 spiro atoms. The number of aliphatic hydroxyl groups excluding tert-OH is 1. The largest absolute Gasteiger partial charge is 0.389 e. The molecule has 6 heteroatoms. The lowest BCUT2D eigenvalue weighted by molar-refractivity contribution is 0.199. The van der Waals surface area contributed by atoms with Crippen LogP contribution in [0.3, 0.4) is 0 Å². The van der Waals surface area contributed by atoms with Gasteiger partial charge in [0.05, 0.1) is 11.0 Å². The fourth-order valence-electron chi connectivity index (χ4n) is 2.35. The normalized spacial score (nSPS) is 20.6. The van der Waals surface area contributed by atoms with Crippen molar-refractivity contribution in [2.45, 2.75) is 24.3 Å². The highest BCUT2D eigenvalue weighted by molar-refractivity contribution is 7.89. The summed E-state index contributed by atoms with van der Waals surface area (Å²) in [7, 11) is -1.47. The van der Waals surface area contributed by atoms with E-state index in [0.717, 1.165) is 19.5 Å². The molecule has 2 rings (SSSR count). The number of aliphatic hydroxyl groups is 1. The van der Waals surface area contributed by atoms with Crippen LogP contribution in [0.1, 0.15) is 25.0 Å². The minimum Gasteiger partial charge on any atom is -0.389 e. The first-order valence-electron chi connectivity index (χ1n) is 6.88. The molecule has 0 amide bonds. The van der Waals surface area contributed by atoms with Gasteiger partial charge in [0.25, 0.3) is 0 Å². The lowest BCUT2D eigenvalue weighted by atomic mass is 10.1. The Morgan fingerprint density at radius 2 is 1.95 bits per heavy atom. The van der Waals surface area contributed by atoms with Gasteiger partial charge in [-0.1, -0.05) is 12.1 Å². The third kappa shape index (κ3) is 3.38. The Bertz CT molecular complexity index is 557. The molecule has 0 aliphatic carbocycles. The van der Waals surface area contributed by atoms with Crippen LogP contribution in [0.2, 0.25) is 0 Å². The number of hydrogen-bond donors (Lipinski definition) is 1. The minimum absolute atomic E-state index is 0.264. The maximum absolute atomic E-state index is 12.6. The summed E-state index contributed by atoms with van der Waals surface area (Å²) >= 11 is 0. The van der Waals surface area contributed by atoms with Gasteiger partial charge >= 0.3 is 0 Å². The Labute approximate surface area is 120 Å². The van der Waals surface area contributed by atoms with Gasteiger partial charge in [-0.2, -0.15) is 4.31 Å². The number of rotatable bonds is 3. The summed E-state index contributed by atoms with van der Waals surface area (Å²) in [4.78, 5) is 2.40. The van der Waals surface area contributed by atoms with E-state index in [1.54, 1.807) is 31.2 Å². The fourth-order valence-corrected chi connectivity index (χ4v) is 3.87. The molecule has 20 heavy (non-hydrogen) atoms. The van der Waals surface area contributed by atoms with Crippen LogP contribution in [0.5, 0.6) is 0 Å². The van der Waals surface area contributed by atoms with E-state index in [2.05, 4.69) is 4.90 Å². The lowest BCUT2D eigenvalue weighted by Crippen LogP contribution is -2.34. The quantitative estimate of drug-likeness (QED) is 0.906. The van der Waals surface area contributed by atoms with Gasteiger partial charge in [0.1, 0.15) is 0 Å². The highest BCUT2D eigenvalue weighted by atomic mass is 32.2.